The molecule has 1 saturated carbocycles. The van der Waals surface area contributed by atoms with Gasteiger partial charge >= 0.3 is 12.0 Å². The van der Waals surface area contributed by atoms with Gasteiger partial charge in [0.05, 0.1) is 0 Å². The van der Waals surface area contributed by atoms with E-state index in [2.05, 4.69) is 5.32 Å². The summed E-state index contributed by atoms with van der Waals surface area (Å²) in [4.78, 5) is 24.2. The highest BCUT2D eigenvalue weighted by Gasteiger charge is 2.27. The van der Waals surface area contributed by atoms with Gasteiger partial charge in [-0.2, -0.15) is 0 Å². The third-order valence-electron chi connectivity index (χ3n) is 3.15. The third kappa shape index (κ3) is 4.77. The van der Waals surface area contributed by atoms with Crippen molar-refractivity contribution >= 4 is 12.0 Å². The normalized spacial score (nSPS) is 16.1. The van der Waals surface area contributed by atoms with E-state index in [9.17, 15) is 9.59 Å². The SMILES string of the molecule is C/C=C/CCNC(=O)N(CC(=O)O)C1CCCC1. The molecule has 0 spiro atoms. The lowest BCUT2D eigenvalue weighted by atomic mass is 10.2. The molecular weight excluding hydrogens is 232 g/mol. The maximum absolute atomic E-state index is 12.0. The van der Waals surface area contributed by atoms with E-state index in [1.165, 1.54) is 4.90 Å². The number of hydrogen-bond donors (Lipinski definition) is 2. The zero-order chi connectivity index (χ0) is 13.4. The summed E-state index contributed by atoms with van der Waals surface area (Å²) in [6.45, 7) is 2.27. The summed E-state index contributed by atoms with van der Waals surface area (Å²) in [6, 6.07) is -0.170. The molecule has 5 heteroatoms. The van der Waals surface area contributed by atoms with Crippen molar-refractivity contribution in [2.75, 3.05) is 13.1 Å². The molecule has 0 aromatic heterocycles. The van der Waals surface area contributed by atoms with Crippen molar-refractivity contribution in [3.8, 4) is 0 Å². The molecule has 1 rings (SSSR count). The predicted octanol–water partition coefficient (Wildman–Crippen LogP) is 1.99. The van der Waals surface area contributed by atoms with Crippen molar-refractivity contribution in [3.05, 3.63) is 12.2 Å². The molecule has 5 nitrogen and oxygen atoms in total. The van der Waals surface area contributed by atoms with Gasteiger partial charge in [-0.3, -0.25) is 4.79 Å². The summed E-state index contributed by atoms with van der Waals surface area (Å²) in [5.41, 5.74) is 0. The lowest BCUT2D eigenvalue weighted by molar-refractivity contribution is -0.138. The standard InChI is InChI=1S/C13H22N2O3/c1-2-3-6-9-14-13(18)15(10-12(16)17)11-7-4-5-8-11/h2-3,11H,4-10H2,1H3,(H,14,18)(H,16,17)/b3-2+. The average Bonchev–Trinajstić information content (AvgIpc) is 2.84. The Hall–Kier alpha value is -1.52. The fourth-order valence-corrected chi connectivity index (χ4v) is 2.26. The Labute approximate surface area is 108 Å². The van der Waals surface area contributed by atoms with Crippen molar-refractivity contribution in [1.82, 2.24) is 10.2 Å². The van der Waals surface area contributed by atoms with Crippen LogP contribution in [0.4, 0.5) is 4.79 Å². The Morgan fingerprint density at radius 1 is 1.39 bits per heavy atom. The molecule has 0 radical (unpaired) electrons. The number of amides is 2. The van der Waals surface area contributed by atoms with Crippen molar-refractivity contribution in [1.29, 1.82) is 0 Å². The molecule has 0 aromatic rings. The molecule has 0 heterocycles. The van der Waals surface area contributed by atoms with E-state index in [-0.39, 0.29) is 18.6 Å². The number of carbonyl (C=O) groups is 2. The monoisotopic (exact) mass is 254 g/mol. The average molecular weight is 254 g/mol. The van der Waals surface area contributed by atoms with Crippen LogP contribution in [-0.4, -0.2) is 41.1 Å². The summed E-state index contributed by atoms with van der Waals surface area (Å²) in [5.74, 6) is -0.953. The minimum Gasteiger partial charge on any atom is -0.480 e. The second kappa shape index (κ2) is 7.74. The van der Waals surface area contributed by atoms with Gasteiger partial charge in [0.1, 0.15) is 6.54 Å². The van der Waals surface area contributed by atoms with Crippen LogP contribution in [0.25, 0.3) is 0 Å². The minimum atomic E-state index is -0.953. The minimum absolute atomic E-state index is 0.0859. The van der Waals surface area contributed by atoms with Crippen LogP contribution in [0.3, 0.4) is 0 Å². The summed E-state index contributed by atoms with van der Waals surface area (Å²) in [6.07, 6.45) is 8.65. The Morgan fingerprint density at radius 3 is 2.61 bits per heavy atom. The first-order valence-corrected chi connectivity index (χ1v) is 6.52. The zero-order valence-electron chi connectivity index (χ0n) is 10.9. The van der Waals surface area contributed by atoms with Crippen LogP contribution in [0.2, 0.25) is 0 Å². The fraction of sp³-hybridized carbons (Fsp3) is 0.692. The van der Waals surface area contributed by atoms with Crippen LogP contribution >= 0.6 is 0 Å². The van der Waals surface area contributed by atoms with E-state index < -0.39 is 5.97 Å². The van der Waals surface area contributed by atoms with Gasteiger partial charge in [-0.25, -0.2) is 4.79 Å². The van der Waals surface area contributed by atoms with E-state index in [1.54, 1.807) is 0 Å². The Morgan fingerprint density at radius 2 is 2.06 bits per heavy atom. The van der Waals surface area contributed by atoms with Crippen molar-refractivity contribution in [2.24, 2.45) is 0 Å². The van der Waals surface area contributed by atoms with Crippen LogP contribution < -0.4 is 5.32 Å². The summed E-state index contributed by atoms with van der Waals surface area (Å²) >= 11 is 0. The van der Waals surface area contributed by atoms with Crippen LogP contribution in [0.15, 0.2) is 12.2 Å². The zero-order valence-corrected chi connectivity index (χ0v) is 10.9. The molecule has 0 aromatic carbocycles. The number of carbonyl (C=O) groups excluding carboxylic acids is 1. The van der Waals surface area contributed by atoms with Gasteiger partial charge in [-0.05, 0) is 26.2 Å². The molecule has 102 valence electrons. The van der Waals surface area contributed by atoms with Gasteiger partial charge in [-0.1, -0.05) is 25.0 Å². The Bertz CT molecular complexity index is 309. The van der Waals surface area contributed by atoms with Gasteiger partial charge in [0.25, 0.3) is 0 Å². The maximum Gasteiger partial charge on any atom is 0.323 e. The first kappa shape index (κ1) is 14.5. The Kier molecular flexibility index (Phi) is 6.25. The molecule has 0 unspecified atom stereocenters. The summed E-state index contributed by atoms with van der Waals surface area (Å²) in [7, 11) is 0. The number of hydrogen-bond acceptors (Lipinski definition) is 2. The number of carboxylic acid groups (broad SMARTS) is 1. The third-order valence-corrected chi connectivity index (χ3v) is 3.15. The van der Waals surface area contributed by atoms with Gasteiger partial charge in [0.15, 0.2) is 0 Å². The molecule has 1 fully saturated rings. The number of nitrogens with one attached hydrogen (secondary N) is 1. The topological polar surface area (TPSA) is 69.6 Å². The Balaban J connectivity index is 2.47. The van der Waals surface area contributed by atoms with Crippen molar-refractivity contribution in [3.63, 3.8) is 0 Å². The van der Waals surface area contributed by atoms with E-state index in [1.807, 2.05) is 19.1 Å². The molecule has 0 saturated heterocycles. The number of carboxylic acids is 1. The number of aliphatic carboxylic acids is 1. The molecular formula is C13H22N2O3. The second-order valence-electron chi connectivity index (χ2n) is 4.55. The predicted molar refractivity (Wildman–Crippen MR) is 69.4 cm³/mol. The number of nitrogens with zero attached hydrogens (tertiary/aromatic N) is 1. The van der Waals surface area contributed by atoms with E-state index in [0.717, 1.165) is 32.1 Å². The number of urea groups is 1. The van der Waals surface area contributed by atoms with E-state index >= 15 is 0 Å². The first-order chi connectivity index (χ1) is 8.65. The second-order valence-corrected chi connectivity index (χ2v) is 4.55. The number of rotatable bonds is 6. The highest BCUT2D eigenvalue weighted by atomic mass is 16.4. The fourth-order valence-electron chi connectivity index (χ4n) is 2.26. The van der Waals surface area contributed by atoms with Crippen LogP contribution in [0.5, 0.6) is 0 Å². The molecule has 0 aliphatic heterocycles. The van der Waals surface area contributed by atoms with Gasteiger partial charge in [0, 0.05) is 12.6 Å². The highest BCUT2D eigenvalue weighted by molar-refractivity contribution is 5.80. The molecule has 18 heavy (non-hydrogen) atoms. The summed E-state index contributed by atoms with van der Waals surface area (Å²) in [5, 5.41) is 11.6. The van der Waals surface area contributed by atoms with Crippen LogP contribution in [0, 0.1) is 0 Å². The van der Waals surface area contributed by atoms with Gasteiger partial charge in [0.2, 0.25) is 0 Å². The number of allylic oxidation sites excluding steroid dienone is 1. The lowest BCUT2D eigenvalue weighted by Crippen LogP contribution is -2.47. The summed E-state index contributed by atoms with van der Waals surface area (Å²) < 4.78 is 0. The van der Waals surface area contributed by atoms with E-state index in [4.69, 9.17) is 5.11 Å². The molecule has 0 atom stereocenters. The van der Waals surface area contributed by atoms with E-state index in [0.29, 0.717) is 6.54 Å². The highest BCUT2D eigenvalue weighted by Crippen LogP contribution is 2.23. The molecule has 1 aliphatic carbocycles. The van der Waals surface area contributed by atoms with Gasteiger partial charge < -0.3 is 15.3 Å². The maximum atomic E-state index is 12.0. The molecule has 2 N–H and O–H groups in total. The van der Waals surface area contributed by atoms with Gasteiger partial charge in [-0.15, -0.1) is 0 Å². The van der Waals surface area contributed by atoms with Crippen molar-refractivity contribution in [2.45, 2.75) is 45.1 Å². The molecule has 2 amide bonds. The molecule has 1 aliphatic rings. The lowest BCUT2D eigenvalue weighted by Gasteiger charge is -2.27. The largest absolute Gasteiger partial charge is 0.480 e. The van der Waals surface area contributed by atoms with Crippen LogP contribution in [0.1, 0.15) is 39.0 Å². The van der Waals surface area contributed by atoms with Crippen LogP contribution in [-0.2, 0) is 4.79 Å². The molecule has 0 bridgehead atoms. The smallest absolute Gasteiger partial charge is 0.323 e. The van der Waals surface area contributed by atoms with Crippen molar-refractivity contribution < 1.29 is 14.7 Å². The quantitative estimate of drug-likeness (QED) is 0.562. The first-order valence-electron chi connectivity index (χ1n) is 6.52.